The van der Waals surface area contributed by atoms with Crippen LogP contribution >= 0.6 is 0 Å². The minimum atomic E-state index is -1.10. The van der Waals surface area contributed by atoms with Crippen molar-refractivity contribution in [1.29, 1.82) is 0 Å². The molecule has 1 saturated heterocycles. The van der Waals surface area contributed by atoms with Gasteiger partial charge in [-0.25, -0.2) is 0 Å². The first-order valence-corrected chi connectivity index (χ1v) is 13.4. The molecule has 3 nitrogen and oxygen atoms in total. The molecule has 1 fully saturated rings. The number of anilines is 1. The molecule has 0 saturated carbocycles. The number of rotatable bonds is 6. The number of piperidine rings is 1. The maximum atomic E-state index is 14.2. The van der Waals surface area contributed by atoms with Gasteiger partial charge in [0.2, 0.25) is 5.91 Å². The van der Waals surface area contributed by atoms with Crippen LogP contribution in [0.5, 0.6) is 0 Å². The van der Waals surface area contributed by atoms with Gasteiger partial charge in [-0.3, -0.25) is 9.59 Å². The number of Topliss-reactive ketones (excluding diaryl/α,β-unsaturated/α-hetero) is 1. The molecule has 0 radical (unpaired) electrons. The van der Waals surface area contributed by atoms with Gasteiger partial charge in [0.05, 0.1) is 11.6 Å². The third-order valence-corrected chi connectivity index (χ3v) is 7.85. The molecule has 190 valence electrons. The van der Waals surface area contributed by atoms with Crippen LogP contribution < -0.4 is 4.90 Å². The first kappa shape index (κ1) is 27.2. The molecule has 2 unspecified atom stereocenters. The molecule has 2 aromatic carbocycles. The van der Waals surface area contributed by atoms with Gasteiger partial charge in [-0.2, -0.15) is 0 Å². The Bertz CT molecular complexity index is 969. The van der Waals surface area contributed by atoms with E-state index in [1.54, 1.807) is 0 Å². The highest BCUT2D eigenvalue weighted by Crippen LogP contribution is 2.48. The molecule has 1 aliphatic rings. The van der Waals surface area contributed by atoms with Crippen LogP contribution in [0.15, 0.2) is 36.4 Å². The summed E-state index contributed by atoms with van der Waals surface area (Å²) in [5, 5.41) is 0. The third-order valence-electron chi connectivity index (χ3n) is 7.85. The Morgan fingerprint density at radius 1 is 0.686 bits per heavy atom. The van der Waals surface area contributed by atoms with E-state index in [9.17, 15) is 9.59 Å². The number of ketones is 1. The van der Waals surface area contributed by atoms with Gasteiger partial charge in [-0.1, -0.05) is 91.8 Å². The lowest BCUT2D eigenvalue weighted by Crippen LogP contribution is -2.60. The topological polar surface area (TPSA) is 37.4 Å². The average Bonchev–Trinajstić information content (AvgIpc) is 2.77. The minimum Gasteiger partial charge on any atom is -0.307 e. The summed E-state index contributed by atoms with van der Waals surface area (Å²) in [6.07, 6.45) is 0. The summed E-state index contributed by atoms with van der Waals surface area (Å²) < 4.78 is 0. The van der Waals surface area contributed by atoms with Gasteiger partial charge >= 0.3 is 0 Å². The maximum absolute atomic E-state index is 14.2. The monoisotopic (exact) mass is 475 g/mol. The van der Waals surface area contributed by atoms with Crippen molar-refractivity contribution in [2.45, 2.75) is 112 Å². The van der Waals surface area contributed by atoms with E-state index >= 15 is 0 Å². The molecule has 0 bridgehead atoms. The van der Waals surface area contributed by atoms with Gasteiger partial charge in [-0.05, 0) is 72.3 Å². The van der Waals surface area contributed by atoms with Crippen LogP contribution in [-0.4, -0.2) is 17.7 Å². The SMILES string of the molecule is CC(C)c1cccc(C(C)C)c1C1C(=O)C(C)(C)C(=O)N(c2c(C(C)C)cccc2C(C)C)C1C. The normalized spacial score (nSPS) is 20.6. The molecule has 0 aliphatic carbocycles. The number of carbonyl (C=O) groups is 2. The molecule has 3 heteroatoms. The van der Waals surface area contributed by atoms with E-state index in [1.807, 2.05) is 18.7 Å². The average molecular weight is 476 g/mol. The van der Waals surface area contributed by atoms with Crippen LogP contribution in [-0.2, 0) is 9.59 Å². The van der Waals surface area contributed by atoms with Crippen LogP contribution in [0.4, 0.5) is 5.69 Å². The molecular weight excluding hydrogens is 430 g/mol. The van der Waals surface area contributed by atoms with Crippen molar-refractivity contribution in [3.63, 3.8) is 0 Å². The van der Waals surface area contributed by atoms with Crippen molar-refractivity contribution >= 4 is 17.4 Å². The van der Waals surface area contributed by atoms with Crippen molar-refractivity contribution in [3.8, 4) is 0 Å². The fourth-order valence-corrected chi connectivity index (χ4v) is 5.78. The summed E-state index contributed by atoms with van der Waals surface area (Å²) in [5.41, 5.74) is 5.80. The molecule has 2 atom stereocenters. The Kier molecular flexibility index (Phi) is 7.70. The second-order valence-electron chi connectivity index (χ2n) is 12.1. The van der Waals surface area contributed by atoms with Gasteiger partial charge in [0, 0.05) is 6.04 Å². The summed E-state index contributed by atoms with van der Waals surface area (Å²) in [6.45, 7) is 23.2. The quantitative estimate of drug-likeness (QED) is 0.394. The first-order valence-electron chi connectivity index (χ1n) is 13.4. The molecule has 0 aromatic heterocycles. The number of hydrogen-bond acceptors (Lipinski definition) is 2. The van der Waals surface area contributed by atoms with Gasteiger partial charge in [0.1, 0.15) is 5.41 Å². The van der Waals surface area contributed by atoms with Crippen molar-refractivity contribution in [2.24, 2.45) is 5.41 Å². The molecule has 1 amide bonds. The Morgan fingerprint density at radius 2 is 1.06 bits per heavy atom. The van der Waals surface area contributed by atoms with Crippen molar-refractivity contribution < 1.29 is 9.59 Å². The van der Waals surface area contributed by atoms with Crippen molar-refractivity contribution in [2.75, 3.05) is 4.90 Å². The second kappa shape index (κ2) is 9.91. The second-order valence-corrected chi connectivity index (χ2v) is 12.1. The number of nitrogens with zero attached hydrogens (tertiary/aromatic N) is 1. The smallest absolute Gasteiger partial charge is 0.240 e. The largest absolute Gasteiger partial charge is 0.307 e. The van der Waals surface area contributed by atoms with E-state index in [0.717, 1.165) is 11.3 Å². The molecule has 0 N–H and O–H groups in total. The lowest BCUT2D eigenvalue weighted by molar-refractivity contribution is -0.143. The van der Waals surface area contributed by atoms with E-state index in [-0.39, 0.29) is 47.3 Å². The van der Waals surface area contributed by atoms with Crippen molar-refractivity contribution in [3.05, 3.63) is 64.2 Å². The zero-order valence-electron chi connectivity index (χ0n) is 23.7. The predicted octanol–water partition coefficient (Wildman–Crippen LogP) is 8.29. The molecule has 35 heavy (non-hydrogen) atoms. The zero-order chi connectivity index (χ0) is 26.4. The number of benzene rings is 2. The van der Waals surface area contributed by atoms with Crippen LogP contribution in [0.2, 0.25) is 0 Å². The molecule has 1 heterocycles. The molecule has 3 rings (SSSR count). The number of para-hydroxylation sites is 1. The first-order chi connectivity index (χ1) is 16.2. The van der Waals surface area contributed by atoms with Crippen molar-refractivity contribution in [1.82, 2.24) is 0 Å². The van der Waals surface area contributed by atoms with Crippen LogP contribution in [0.25, 0.3) is 0 Å². The Balaban J connectivity index is 2.38. The van der Waals surface area contributed by atoms with E-state index in [1.165, 1.54) is 22.3 Å². The van der Waals surface area contributed by atoms with Crippen LogP contribution in [0.1, 0.15) is 134 Å². The molecule has 1 aliphatic heterocycles. The zero-order valence-corrected chi connectivity index (χ0v) is 23.7. The summed E-state index contributed by atoms with van der Waals surface area (Å²) >= 11 is 0. The van der Waals surface area contributed by atoms with Crippen LogP contribution in [0, 0.1) is 5.41 Å². The highest BCUT2D eigenvalue weighted by atomic mass is 16.2. The van der Waals surface area contributed by atoms with E-state index in [0.29, 0.717) is 0 Å². The number of amides is 1. The van der Waals surface area contributed by atoms with Gasteiger partial charge in [0.15, 0.2) is 5.78 Å². The fraction of sp³-hybridized carbons (Fsp3) is 0.562. The van der Waals surface area contributed by atoms with E-state index in [2.05, 4.69) is 98.7 Å². The number of hydrogen-bond donors (Lipinski definition) is 0. The van der Waals surface area contributed by atoms with Gasteiger partial charge < -0.3 is 4.90 Å². The lowest BCUT2D eigenvalue weighted by atomic mass is 9.67. The lowest BCUT2D eigenvalue weighted by Gasteiger charge is -2.48. The van der Waals surface area contributed by atoms with E-state index in [4.69, 9.17) is 0 Å². The van der Waals surface area contributed by atoms with E-state index < -0.39 is 5.41 Å². The summed E-state index contributed by atoms with van der Waals surface area (Å²) in [7, 11) is 0. The highest BCUT2D eigenvalue weighted by molar-refractivity contribution is 6.17. The summed E-state index contributed by atoms with van der Waals surface area (Å²) in [6, 6.07) is 12.6. The molecule has 2 aromatic rings. The Morgan fingerprint density at radius 3 is 1.43 bits per heavy atom. The van der Waals surface area contributed by atoms with Crippen LogP contribution in [0.3, 0.4) is 0 Å². The van der Waals surface area contributed by atoms with Gasteiger partial charge in [0.25, 0.3) is 0 Å². The Labute approximate surface area is 213 Å². The minimum absolute atomic E-state index is 0.0365. The number of carbonyl (C=O) groups excluding carboxylic acids is 2. The maximum Gasteiger partial charge on any atom is 0.240 e. The summed E-state index contributed by atoms with van der Waals surface area (Å²) in [4.78, 5) is 30.3. The highest BCUT2D eigenvalue weighted by Gasteiger charge is 2.54. The predicted molar refractivity (Wildman–Crippen MR) is 148 cm³/mol. The third kappa shape index (κ3) is 4.59. The standard InChI is InChI=1S/C32H45NO2/c1-18(2)23-14-12-15-24(19(3)4)28(23)27-22(9)33(31(35)32(10,11)30(27)34)29-25(20(5)6)16-13-17-26(29)21(7)8/h12-22,27H,1-11H3. The summed E-state index contributed by atoms with van der Waals surface area (Å²) in [5.74, 6) is 0.663. The van der Waals surface area contributed by atoms with Gasteiger partial charge in [-0.15, -0.1) is 0 Å². The molecular formula is C32H45NO2. The Hall–Kier alpha value is -2.42. The molecule has 0 spiro atoms. The fourth-order valence-electron chi connectivity index (χ4n) is 5.78.